The van der Waals surface area contributed by atoms with Crippen molar-refractivity contribution in [2.75, 3.05) is 0 Å². The van der Waals surface area contributed by atoms with Gasteiger partial charge >= 0.3 is 0 Å². The molecule has 0 N–H and O–H groups in total. The fourth-order valence-corrected chi connectivity index (χ4v) is 8.04. The Morgan fingerprint density at radius 3 is 1.04 bits per heavy atom. The van der Waals surface area contributed by atoms with Crippen LogP contribution in [0.25, 0.3) is 77.9 Å². The van der Waals surface area contributed by atoms with Crippen molar-refractivity contribution in [1.82, 2.24) is 19.8 Å². The zero-order valence-corrected chi connectivity index (χ0v) is 30.6. The number of rotatable bonds is 0. The number of hydrogen-bond donors (Lipinski definition) is 0. The van der Waals surface area contributed by atoms with E-state index in [9.17, 15) is 0 Å². The van der Waals surface area contributed by atoms with Gasteiger partial charge in [0.1, 0.15) is 13.1 Å². The number of para-hydroxylation sites is 4. The maximum Gasteiger partial charge on any atom is 0.204 e. The van der Waals surface area contributed by atoms with E-state index in [1.54, 1.807) is 0 Å². The van der Waals surface area contributed by atoms with Crippen molar-refractivity contribution in [2.45, 2.75) is 13.1 Å². The Hall–Kier alpha value is -7.44. The van der Waals surface area contributed by atoms with E-state index >= 15 is 0 Å². The Morgan fingerprint density at radius 2 is 0.661 bits per heavy atom. The summed E-state index contributed by atoms with van der Waals surface area (Å²) in [5.74, 6) is 0. The molecule has 0 unspecified atom stereocenters. The minimum Gasteiger partial charge on any atom is -0.124 e. The molecule has 0 saturated carbocycles. The molecule has 264 valence electrons. The molecule has 0 saturated heterocycles. The second kappa shape index (κ2) is 13.1. The van der Waals surface area contributed by atoms with E-state index in [0.29, 0.717) is 13.1 Å². The average Bonchev–Trinajstić information content (AvgIpc) is 3.82. The fraction of sp³-hybridized carbons (Fsp3) is 0.0400. The van der Waals surface area contributed by atoms with Crippen LogP contribution in [-0.4, -0.2) is 19.8 Å². The molecule has 0 aliphatic carbocycles. The molecule has 17 rings (SSSR count). The molecule has 2 aromatic heterocycles. The van der Waals surface area contributed by atoms with Crippen molar-refractivity contribution in [3.05, 3.63) is 205 Å². The van der Waals surface area contributed by atoms with Crippen LogP contribution >= 0.6 is 0 Å². The van der Waals surface area contributed by atoms with Crippen LogP contribution in [0.15, 0.2) is 194 Å². The molecular formula is C50H36N6+2. The van der Waals surface area contributed by atoms with E-state index in [2.05, 4.69) is 203 Å². The Labute approximate surface area is 324 Å². The van der Waals surface area contributed by atoms with Gasteiger partial charge in [0.15, 0.2) is 22.4 Å². The molecule has 16 bridgehead atoms. The third kappa shape index (κ3) is 5.67. The summed E-state index contributed by atoms with van der Waals surface area (Å²) in [7, 11) is 0. The predicted octanol–water partition coefficient (Wildman–Crippen LogP) is 10.0. The van der Waals surface area contributed by atoms with E-state index in [0.717, 1.165) is 44.6 Å². The van der Waals surface area contributed by atoms with Crippen LogP contribution in [0.2, 0.25) is 0 Å². The van der Waals surface area contributed by atoms with Crippen molar-refractivity contribution in [1.29, 1.82) is 0 Å². The molecule has 0 amide bonds. The van der Waals surface area contributed by atoms with Crippen LogP contribution in [0.3, 0.4) is 0 Å². The molecule has 0 atom stereocenters. The zero-order chi connectivity index (χ0) is 37.0. The normalized spacial score (nSPS) is 12.1. The smallest absolute Gasteiger partial charge is 0.124 e. The minimum atomic E-state index is 0.667. The number of hydrogen-bond acceptors (Lipinski definition) is 2. The molecule has 0 radical (unpaired) electrons. The summed E-state index contributed by atoms with van der Waals surface area (Å²) in [6.45, 7) is 1.33. The fourth-order valence-electron chi connectivity index (χ4n) is 8.04. The maximum absolute atomic E-state index is 5.11. The standard InChI is InChI=1S/C50H36N6/c1-3-13-49-47(11-1)53-33-35-15-19-37(20-16-35)41-7-5-8-42(31-41)38-21-17-36(18-22-38)34-54-48-12-2-4-14-50(48)56(52-54)46-29-25-40(26-30-46)44-10-6-9-43(32-44)39-23-27-45(28-24-39)55(49)51-53/h1-32H,33-34H2/q+2. The van der Waals surface area contributed by atoms with Crippen LogP contribution in [0.5, 0.6) is 0 Å². The van der Waals surface area contributed by atoms with Gasteiger partial charge in [-0.1, -0.05) is 143 Å². The first kappa shape index (κ1) is 32.0. The lowest BCUT2D eigenvalue weighted by atomic mass is 9.98. The number of nitrogens with zero attached hydrogens (tertiary/aromatic N) is 6. The molecule has 6 nitrogen and oxygen atoms in total. The first-order valence-electron chi connectivity index (χ1n) is 19.1. The van der Waals surface area contributed by atoms with Crippen molar-refractivity contribution in [2.24, 2.45) is 0 Å². The Kier molecular flexibility index (Phi) is 7.52. The Balaban J connectivity index is 1.03. The lowest BCUT2D eigenvalue weighted by Gasteiger charge is -2.08. The first-order valence-corrected chi connectivity index (χ1v) is 19.1. The third-order valence-electron chi connectivity index (χ3n) is 11.0. The van der Waals surface area contributed by atoms with Crippen molar-refractivity contribution >= 4 is 22.1 Å². The summed E-state index contributed by atoms with van der Waals surface area (Å²) in [4.78, 5) is 0. The van der Waals surface area contributed by atoms with Gasteiger partial charge in [-0.05, 0) is 116 Å². The molecular weight excluding hydrogens is 685 g/mol. The van der Waals surface area contributed by atoms with E-state index < -0.39 is 0 Å². The van der Waals surface area contributed by atoms with E-state index in [1.165, 1.54) is 44.5 Å². The van der Waals surface area contributed by atoms with Crippen LogP contribution in [0.4, 0.5) is 0 Å². The summed E-state index contributed by atoms with van der Waals surface area (Å²) < 4.78 is 8.30. The summed E-state index contributed by atoms with van der Waals surface area (Å²) >= 11 is 0. The van der Waals surface area contributed by atoms with Gasteiger partial charge in [-0.3, -0.25) is 0 Å². The van der Waals surface area contributed by atoms with Gasteiger partial charge in [-0.15, -0.1) is 9.36 Å². The average molecular weight is 721 g/mol. The van der Waals surface area contributed by atoms with Gasteiger partial charge in [0.05, 0.1) is 10.4 Å². The van der Waals surface area contributed by atoms with Gasteiger partial charge < -0.3 is 0 Å². The second-order valence-electron chi connectivity index (χ2n) is 14.5. The van der Waals surface area contributed by atoms with E-state index in [1.807, 2.05) is 9.36 Å². The van der Waals surface area contributed by atoms with Crippen molar-refractivity contribution < 1.29 is 9.36 Å². The highest BCUT2D eigenvalue weighted by atomic mass is 15.5. The lowest BCUT2D eigenvalue weighted by Crippen LogP contribution is -2.37. The predicted molar refractivity (Wildman–Crippen MR) is 222 cm³/mol. The molecule has 7 aliphatic rings. The quantitative estimate of drug-likeness (QED) is 0.147. The molecule has 8 aromatic carbocycles. The van der Waals surface area contributed by atoms with Gasteiger partial charge in [0, 0.05) is 0 Å². The van der Waals surface area contributed by atoms with Gasteiger partial charge in [0.2, 0.25) is 11.0 Å². The lowest BCUT2D eigenvalue weighted by molar-refractivity contribution is -0.724. The molecule has 6 heteroatoms. The highest BCUT2D eigenvalue weighted by Crippen LogP contribution is 2.30. The largest absolute Gasteiger partial charge is 0.204 e. The summed E-state index contributed by atoms with van der Waals surface area (Å²) in [5.41, 5.74) is 18.2. The molecule has 56 heavy (non-hydrogen) atoms. The van der Waals surface area contributed by atoms with Crippen LogP contribution in [0.1, 0.15) is 11.1 Å². The topological polar surface area (TPSA) is 43.4 Å². The number of aromatic nitrogens is 6. The maximum atomic E-state index is 5.11. The summed E-state index contributed by atoms with van der Waals surface area (Å²) in [5, 5.41) is 10.2. The van der Waals surface area contributed by atoms with Gasteiger partial charge in [0.25, 0.3) is 0 Å². The van der Waals surface area contributed by atoms with Crippen LogP contribution in [0, 0.1) is 0 Å². The molecule has 7 aliphatic heterocycles. The van der Waals surface area contributed by atoms with Crippen LogP contribution < -0.4 is 9.36 Å². The molecule has 0 spiro atoms. The third-order valence-corrected chi connectivity index (χ3v) is 11.0. The number of benzene rings is 8. The van der Waals surface area contributed by atoms with Crippen LogP contribution in [-0.2, 0) is 13.1 Å². The van der Waals surface area contributed by atoms with Crippen molar-refractivity contribution in [3.63, 3.8) is 0 Å². The number of fused-ring (bicyclic) bond motifs is 2. The van der Waals surface area contributed by atoms with E-state index in [-0.39, 0.29) is 0 Å². The molecule has 9 heterocycles. The Morgan fingerprint density at radius 1 is 0.321 bits per heavy atom. The highest BCUT2D eigenvalue weighted by molar-refractivity contribution is 5.78. The zero-order valence-electron chi connectivity index (χ0n) is 30.6. The molecule has 0 fully saturated rings. The van der Waals surface area contributed by atoms with Crippen molar-refractivity contribution in [3.8, 4) is 55.9 Å². The summed E-state index contributed by atoms with van der Waals surface area (Å²) in [6.07, 6.45) is 0. The minimum absolute atomic E-state index is 0.667. The van der Waals surface area contributed by atoms with Gasteiger partial charge in [-0.2, -0.15) is 0 Å². The van der Waals surface area contributed by atoms with Gasteiger partial charge in [-0.25, -0.2) is 0 Å². The highest BCUT2D eigenvalue weighted by Gasteiger charge is 2.22. The van der Waals surface area contributed by atoms with E-state index in [4.69, 9.17) is 10.4 Å². The molecule has 10 aromatic rings. The first-order chi connectivity index (χ1) is 27.7. The SMILES string of the molecule is c1cc2cc(c1)-c1ccc(cc1)C[n+]1nn(c3ccccc31)-c1ccc(cc1)-c1cccc(c1)-c1ccc(cc1)-n1n[n+](c3ccccc31)Cc1ccc-2cc1. The monoisotopic (exact) mass is 720 g/mol. The summed E-state index contributed by atoms with van der Waals surface area (Å²) in [6, 6.07) is 69.7. The Bertz CT molecular complexity index is 2840. The second-order valence-corrected chi connectivity index (χ2v) is 14.5.